The van der Waals surface area contributed by atoms with E-state index in [9.17, 15) is 13.2 Å². The first-order valence-corrected chi connectivity index (χ1v) is 13.5. The molecule has 1 fully saturated rings. The van der Waals surface area contributed by atoms with Gasteiger partial charge >= 0.3 is 0 Å². The molecule has 0 unspecified atom stereocenters. The monoisotopic (exact) mass is 555 g/mol. The number of nitrogens with one attached hydrogen (secondary N) is 1. The van der Waals surface area contributed by atoms with E-state index in [4.69, 9.17) is 33.2 Å². The summed E-state index contributed by atoms with van der Waals surface area (Å²) >= 11 is 13.2. The molecule has 1 amide bonds. The number of anilines is 1. The Kier molecular flexibility index (Phi) is 7.53. The molecule has 11 nitrogen and oxygen atoms in total. The Morgan fingerprint density at radius 2 is 2.11 bits per heavy atom. The summed E-state index contributed by atoms with van der Waals surface area (Å²) in [5.41, 5.74) is 9.37. The smallest absolute Gasteiger partial charge is 0.273 e. The van der Waals surface area contributed by atoms with E-state index in [0.717, 1.165) is 11.3 Å². The maximum Gasteiger partial charge on any atom is 0.273 e. The first-order chi connectivity index (χ1) is 16.7. The van der Waals surface area contributed by atoms with Gasteiger partial charge in [-0.3, -0.25) is 4.79 Å². The van der Waals surface area contributed by atoms with E-state index in [2.05, 4.69) is 24.7 Å². The summed E-state index contributed by atoms with van der Waals surface area (Å²) < 4.78 is 32.9. The molecule has 4 heterocycles. The fourth-order valence-corrected chi connectivity index (χ4v) is 6.42. The third-order valence-corrected chi connectivity index (χ3v) is 8.77. The van der Waals surface area contributed by atoms with E-state index >= 15 is 0 Å². The molecule has 0 saturated carbocycles. The lowest BCUT2D eigenvalue weighted by Crippen LogP contribution is -2.42. The molecule has 3 aromatic rings. The summed E-state index contributed by atoms with van der Waals surface area (Å²) in [5, 5.41) is 3.97. The summed E-state index contributed by atoms with van der Waals surface area (Å²) in [6.45, 7) is 2.71. The van der Waals surface area contributed by atoms with Crippen LogP contribution in [0.3, 0.4) is 0 Å². The number of carbonyl (C=O) groups is 1. The first-order valence-electron chi connectivity index (χ1n) is 10.5. The quantitative estimate of drug-likeness (QED) is 0.234. The number of aromatic nitrogens is 2. The molecule has 0 radical (unpaired) electrons. The number of sulfonamides is 1. The molecule has 1 aliphatic rings. The normalized spacial score (nSPS) is 14.5. The summed E-state index contributed by atoms with van der Waals surface area (Å²) in [6, 6.07) is 4.39. The number of halogens is 2. The fraction of sp³-hybridized carbons (Fsp3) is 0.350. The Balaban J connectivity index is 1.48. The second-order valence-corrected chi connectivity index (χ2v) is 11.7. The highest BCUT2D eigenvalue weighted by molar-refractivity contribution is 7.92. The van der Waals surface area contributed by atoms with Gasteiger partial charge in [0.2, 0.25) is 11.8 Å². The van der Waals surface area contributed by atoms with Crippen LogP contribution in [0.25, 0.3) is 21.9 Å². The molecular formula is C20H19Cl2N7O4S2. The predicted molar refractivity (Wildman–Crippen MR) is 133 cm³/mol. The molecule has 0 spiro atoms. The lowest BCUT2D eigenvalue weighted by molar-refractivity contribution is -0.123. The Morgan fingerprint density at radius 3 is 2.71 bits per heavy atom. The number of pyridine rings is 1. The van der Waals surface area contributed by atoms with Gasteiger partial charge in [0.1, 0.15) is 21.6 Å². The fourth-order valence-electron chi connectivity index (χ4n) is 3.62. The van der Waals surface area contributed by atoms with E-state index in [1.54, 1.807) is 12.3 Å². The van der Waals surface area contributed by atoms with Crippen LogP contribution in [0, 0.1) is 5.92 Å². The number of nitrogens with zero attached hydrogens (tertiary/aromatic N) is 6. The highest BCUT2D eigenvalue weighted by Crippen LogP contribution is 2.37. The average Bonchev–Trinajstić information content (AvgIpc) is 3.49. The van der Waals surface area contributed by atoms with Gasteiger partial charge in [-0.25, -0.2) is 23.1 Å². The number of oxazole rings is 1. The Hall–Kier alpha value is -2.83. The van der Waals surface area contributed by atoms with Crippen LogP contribution in [0.15, 0.2) is 38.1 Å². The molecule has 1 aliphatic heterocycles. The van der Waals surface area contributed by atoms with E-state index in [-0.39, 0.29) is 15.9 Å². The minimum atomic E-state index is -3.98. The van der Waals surface area contributed by atoms with Gasteiger partial charge in [0.25, 0.3) is 10.0 Å². The number of amides is 1. The van der Waals surface area contributed by atoms with E-state index in [0.29, 0.717) is 58.9 Å². The van der Waals surface area contributed by atoms with E-state index in [1.807, 2.05) is 11.8 Å². The Bertz CT molecular complexity index is 1410. The summed E-state index contributed by atoms with van der Waals surface area (Å²) in [5.74, 6) is 0.280. The number of rotatable bonds is 7. The molecule has 1 saturated heterocycles. The number of aryl methyl sites for hydroxylation is 1. The molecule has 3 aromatic heterocycles. The standard InChI is InChI=1S/C20H19Cl2N7O4S2/c1-2-12-10-24-20(33-12)13-9-14(21)18(25-17(13)26-28-23)29-7-5-11(6-8-29)19(30)27-35(31,32)16-4-3-15(22)34-16/h3-4,9-11H,2,5-8H2,1H3,(H,27,30). The van der Waals surface area contributed by atoms with Crippen molar-refractivity contribution in [3.8, 4) is 11.5 Å². The molecule has 184 valence electrons. The second-order valence-electron chi connectivity index (χ2n) is 7.63. The van der Waals surface area contributed by atoms with Gasteiger partial charge in [-0.15, -0.1) is 11.3 Å². The van der Waals surface area contributed by atoms with Crippen LogP contribution in [-0.2, 0) is 21.2 Å². The number of hydrogen-bond donors (Lipinski definition) is 1. The van der Waals surface area contributed by atoms with Crippen LogP contribution in [0.5, 0.6) is 0 Å². The average molecular weight is 556 g/mol. The van der Waals surface area contributed by atoms with Crippen molar-refractivity contribution in [3.63, 3.8) is 0 Å². The topological polar surface area (TPSA) is 154 Å². The van der Waals surface area contributed by atoms with Gasteiger partial charge in [-0.1, -0.05) is 30.1 Å². The molecule has 0 atom stereocenters. The van der Waals surface area contributed by atoms with E-state index in [1.165, 1.54) is 12.1 Å². The van der Waals surface area contributed by atoms with Crippen LogP contribution in [0.4, 0.5) is 11.6 Å². The SMILES string of the molecule is CCc1cnc(-c2cc(Cl)c(N3CCC(C(=O)NS(=O)(=O)c4ccc(Cl)s4)CC3)nc2N=[N+]=[N-])o1. The zero-order chi connectivity index (χ0) is 25.2. The first kappa shape index (κ1) is 25.3. The number of carbonyl (C=O) groups excluding carboxylic acids is 1. The second kappa shape index (κ2) is 10.4. The van der Waals surface area contributed by atoms with Gasteiger partial charge in [0.15, 0.2) is 0 Å². The van der Waals surface area contributed by atoms with Gasteiger partial charge in [0.05, 0.1) is 21.1 Å². The minimum Gasteiger partial charge on any atom is -0.441 e. The maximum absolute atomic E-state index is 12.6. The van der Waals surface area contributed by atoms with Crippen LogP contribution < -0.4 is 9.62 Å². The number of azide groups is 1. The van der Waals surface area contributed by atoms with Crippen molar-refractivity contribution >= 4 is 62.1 Å². The van der Waals surface area contributed by atoms with Crippen molar-refractivity contribution < 1.29 is 17.6 Å². The lowest BCUT2D eigenvalue weighted by atomic mass is 9.96. The highest BCUT2D eigenvalue weighted by Gasteiger charge is 2.30. The molecular weight excluding hydrogens is 537 g/mol. The van der Waals surface area contributed by atoms with Crippen molar-refractivity contribution in [2.24, 2.45) is 11.0 Å². The predicted octanol–water partition coefficient (Wildman–Crippen LogP) is 5.33. The van der Waals surface area contributed by atoms with Crippen LogP contribution in [0.1, 0.15) is 25.5 Å². The Labute approximate surface area is 214 Å². The molecule has 0 bridgehead atoms. The van der Waals surface area contributed by atoms with Crippen molar-refractivity contribution in [3.05, 3.63) is 50.0 Å². The minimum absolute atomic E-state index is 0.0213. The van der Waals surface area contributed by atoms with Gasteiger partial charge in [0, 0.05) is 30.3 Å². The summed E-state index contributed by atoms with van der Waals surface area (Å²) in [4.78, 5) is 26.0. The lowest BCUT2D eigenvalue weighted by Gasteiger charge is -2.32. The van der Waals surface area contributed by atoms with Gasteiger partial charge < -0.3 is 9.32 Å². The molecule has 4 rings (SSSR count). The van der Waals surface area contributed by atoms with Crippen molar-refractivity contribution in [2.45, 2.75) is 30.4 Å². The van der Waals surface area contributed by atoms with Crippen molar-refractivity contribution in [1.82, 2.24) is 14.7 Å². The Morgan fingerprint density at radius 1 is 1.37 bits per heavy atom. The maximum atomic E-state index is 12.6. The van der Waals surface area contributed by atoms with Crippen LogP contribution in [-0.4, -0.2) is 37.4 Å². The largest absolute Gasteiger partial charge is 0.441 e. The van der Waals surface area contributed by atoms with Gasteiger partial charge in [-0.2, -0.15) is 0 Å². The third-order valence-electron chi connectivity index (χ3n) is 5.42. The molecule has 35 heavy (non-hydrogen) atoms. The molecule has 15 heteroatoms. The highest BCUT2D eigenvalue weighted by atomic mass is 35.5. The number of hydrogen-bond acceptors (Lipinski definition) is 9. The third kappa shape index (κ3) is 5.54. The summed E-state index contributed by atoms with van der Waals surface area (Å²) in [7, 11) is -3.98. The zero-order valence-corrected chi connectivity index (χ0v) is 21.5. The van der Waals surface area contributed by atoms with Crippen molar-refractivity contribution in [2.75, 3.05) is 18.0 Å². The van der Waals surface area contributed by atoms with E-state index < -0.39 is 21.8 Å². The van der Waals surface area contributed by atoms with Crippen molar-refractivity contribution in [1.29, 1.82) is 0 Å². The number of thiophene rings is 1. The zero-order valence-electron chi connectivity index (χ0n) is 18.3. The van der Waals surface area contributed by atoms with Crippen LogP contribution >= 0.6 is 34.5 Å². The molecule has 1 N–H and O–H groups in total. The molecule has 0 aromatic carbocycles. The van der Waals surface area contributed by atoms with Crippen LogP contribution in [0.2, 0.25) is 9.36 Å². The number of piperidine rings is 1. The summed E-state index contributed by atoms with van der Waals surface area (Å²) in [6.07, 6.45) is 2.99. The molecule has 0 aliphatic carbocycles. The van der Waals surface area contributed by atoms with Gasteiger partial charge in [-0.05, 0) is 41.7 Å².